The molecular weight excluding hydrogens is 250 g/mol. The first-order valence-corrected chi connectivity index (χ1v) is 7.17. The van der Waals surface area contributed by atoms with Crippen LogP contribution < -0.4 is 0 Å². The third-order valence-corrected chi connectivity index (χ3v) is 3.92. The molecule has 1 aromatic heterocycles. The minimum absolute atomic E-state index is 0.00760. The number of nitriles is 2. The standard InChI is InChI=1S/C15H21N5/c1-19-10-15(9-18-19)7-13-4-6-20(11-13)12-14(8-17)3-2-5-16/h9-10,13-14H,2-4,6-7,11-12H2,1H3/t13-,14-/m0/s1. The molecule has 0 radical (unpaired) electrons. The summed E-state index contributed by atoms with van der Waals surface area (Å²) in [5.41, 5.74) is 1.29. The van der Waals surface area contributed by atoms with Crippen LogP contribution in [0.3, 0.4) is 0 Å². The minimum Gasteiger partial charge on any atom is -0.302 e. The lowest BCUT2D eigenvalue weighted by atomic mass is 10.0. The Kier molecular flexibility index (Phi) is 5.15. The average molecular weight is 271 g/mol. The monoisotopic (exact) mass is 271 g/mol. The molecule has 2 atom stereocenters. The molecule has 0 aromatic carbocycles. The van der Waals surface area contributed by atoms with E-state index in [1.165, 1.54) is 12.0 Å². The second kappa shape index (κ2) is 7.07. The van der Waals surface area contributed by atoms with Gasteiger partial charge in [0, 0.05) is 32.8 Å². The average Bonchev–Trinajstić information content (AvgIpc) is 3.04. The number of hydrogen-bond donors (Lipinski definition) is 0. The molecule has 2 rings (SSSR count). The Labute approximate surface area is 120 Å². The van der Waals surface area contributed by atoms with E-state index < -0.39 is 0 Å². The molecule has 20 heavy (non-hydrogen) atoms. The molecule has 0 spiro atoms. The Hall–Kier alpha value is -1.85. The molecule has 5 heteroatoms. The summed E-state index contributed by atoms with van der Waals surface area (Å²) in [5.74, 6) is 0.654. The Balaban J connectivity index is 1.77. The zero-order chi connectivity index (χ0) is 14.4. The number of likely N-dealkylation sites (tertiary alicyclic amines) is 1. The van der Waals surface area contributed by atoms with Crippen molar-refractivity contribution in [1.82, 2.24) is 14.7 Å². The molecule has 2 heterocycles. The fraction of sp³-hybridized carbons (Fsp3) is 0.667. The summed E-state index contributed by atoms with van der Waals surface area (Å²) in [7, 11) is 1.94. The summed E-state index contributed by atoms with van der Waals surface area (Å²) in [6, 6.07) is 4.45. The maximum atomic E-state index is 9.12. The van der Waals surface area contributed by atoms with E-state index in [0.717, 1.165) is 26.1 Å². The number of rotatable bonds is 6. The van der Waals surface area contributed by atoms with Crippen molar-refractivity contribution in [3.05, 3.63) is 18.0 Å². The molecule has 1 fully saturated rings. The summed E-state index contributed by atoms with van der Waals surface area (Å²) in [6.07, 6.45) is 7.44. The first-order valence-electron chi connectivity index (χ1n) is 7.17. The highest BCUT2D eigenvalue weighted by molar-refractivity contribution is 5.05. The zero-order valence-electron chi connectivity index (χ0n) is 12.0. The van der Waals surface area contributed by atoms with Crippen molar-refractivity contribution in [1.29, 1.82) is 10.5 Å². The molecule has 0 saturated carbocycles. The molecule has 0 bridgehead atoms. The van der Waals surface area contributed by atoms with Gasteiger partial charge in [0.15, 0.2) is 0 Å². The highest BCUT2D eigenvalue weighted by Gasteiger charge is 2.25. The summed E-state index contributed by atoms with van der Waals surface area (Å²) in [5, 5.41) is 21.9. The van der Waals surface area contributed by atoms with Gasteiger partial charge in [0.1, 0.15) is 0 Å². The van der Waals surface area contributed by atoms with E-state index in [4.69, 9.17) is 10.5 Å². The van der Waals surface area contributed by atoms with E-state index in [9.17, 15) is 0 Å². The van der Waals surface area contributed by atoms with Crippen molar-refractivity contribution in [2.75, 3.05) is 19.6 Å². The molecule has 1 aliphatic heterocycles. The summed E-state index contributed by atoms with van der Waals surface area (Å²) >= 11 is 0. The fourth-order valence-corrected chi connectivity index (χ4v) is 2.90. The van der Waals surface area contributed by atoms with Crippen LogP contribution in [0, 0.1) is 34.5 Å². The molecule has 0 amide bonds. The first-order chi connectivity index (χ1) is 9.71. The van der Waals surface area contributed by atoms with Gasteiger partial charge in [-0.1, -0.05) is 0 Å². The molecule has 0 N–H and O–H groups in total. The van der Waals surface area contributed by atoms with Gasteiger partial charge in [-0.25, -0.2) is 0 Å². The quantitative estimate of drug-likeness (QED) is 0.790. The number of hydrogen-bond acceptors (Lipinski definition) is 4. The van der Waals surface area contributed by atoms with Crippen molar-refractivity contribution in [3.63, 3.8) is 0 Å². The van der Waals surface area contributed by atoms with Crippen LogP contribution in [0.4, 0.5) is 0 Å². The zero-order valence-corrected chi connectivity index (χ0v) is 12.0. The first kappa shape index (κ1) is 14.6. The predicted molar refractivity (Wildman–Crippen MR) is 75.4 cm³/mol. The molecule has 106 valence electrons. The molecule has 5 nitrogen and oxygen atoms in total. The van der Waals surface area contributed by atoms with E-state index in [0.29, 0.717) is 18.8 Å². The van der Waals surface area contributed by atoms with Crippen molar-refractivity contribution < 1.29 is 0 Å². The van der Waals surface area contributed by atoms with E-state index in [1.54, 1.807) is 0 Å². The van der Waals surface area contributed by atoms with Gasteiger partial charge in [-0.2, -0.15) is 15.6 Å². The van der Waals surface area contributed by atoms with Crippen molar-refractivity contribution in [2.24, 2.45) is 18.9 Å². The third-order valence-electron chi connectivity index (χ3n) is 3.92. The number of aromatic nitrogens is 2. The van der Waals surface area contributed by atoms with Gasteiger partial charge in [-0.05, 0) is 37.3 Å². The second-order valence-electron chi connectivity index (χ2n) is 5.66. The Morgan fingerprint density at radius 1 is 1.50 bits per heavy atom. The van der Waals surface area contributed by atoms with Crippen LogP contribution >= 0.6 is 0 Å². The van der Waals surface area contributed by atoms with Crippen molar-refractivity contribution in [3.8, 4) is 12.1 Å². The highest BCUT2D eigenvalue weighted by Crippen LogP contribution is 2.22. The predicted octanol–water partition coefficient (Wildman–Crippen LogP) is 1.73. The van der Waals surface area contributed by atoms with Crippen LogP contribution in [0.15, 0.2) is 12.4 Å². The lowest BCUT2D eigenvalue weighted by Gasteiger charge is -2.18. The van der Waals surface area contributed by atoms with Crippen LogP contribution in [0.5, 0.6) is 0 Å². The molecule has 0 unspecified atom stereocenters. The van der Waals surface area contributed by atoms with E-state index in [-0.39, 0.29) is 5.92 Å². The van der Waals surface area contributed by atoms with Crippen LogP contribution in [-0.2, 0) is 13.5 Å². The largest absolute Gasteiger partial charge is 0.302 e. The van der Waals surface area contributed by atoms with Crippen LogP contribution in [0.2, 0.25) is 0 Å². The lowest BCUT2D eigenvalue weighted by Crippen LogP contribution is -2.27. The van der Waals surface area contributed by atoms with Crippen molar-refractivity contribution in [2.45, 2.75) is 25.7 Å². The number of aryl methyl sites for hydroxylation is 1. The van der Waals surface area contributed by atoms with Gasteiger partial charge < -0.3 is 4.90 Å². The molecule has 1 saturated heterocycles. The molecule has 1 aromatic rings. The molecule has 1 aliphatic rings. The van der Waals surface area contributed by atoms with Gasteiger partial charge in [-0.3, -0.25) is 4.68 Å². The van der Waals surface area contributed by atoms with Crippen LogP contribution in [-0.4, -0.2) is 34.3 Å². The summed E-state index contributed by atoms with van der Waals surface area (Å²) in [6.45, 7) is 2.93. The summed E-state index contributed by atoms with van der Waals surface area (Å²) < 4.78 is 1.84. The van der Waals surface area contributed by atoms with Gasteiger partial charge in [0.25, 0.3) is 0 Å². The third kappa shape index (κ3) is 4.08. The topological polar surface area (TPSA) is 68.6 Å². The van der Waals surface area contributed by atoms with Crippen molar-refractivity contribution >= 4 is 0 Å². The Bertz CT molecular complexity index is 507. The van der Waals surface area contributed by atoms with E-state index in [1.807, 2.05) is 17.9 Å². The van der Waals surface area contributed by atoms with Crippen LogP contribution in [0.1, 0.15) is 24.8 Å². The van der Waals surface area contributed by atoms with E-state index in [2.05, 4.69) is 28.3 Å². The fourth-order valence-electron chi connectivity index (χ4n) is 2.90. The minimum atomic E-state index is -0.00760. The SMILES string of the molecule is Cn1cc(C[C@@H]2CCN(C[C@H](C#N)CCC#N)C2)cn1. The van der Waals surface area contributed by atoms with Gasteiger partial charge >= 0.3 is 0 Å². The Morgan fingerprint density at radius 2 is 2.35 bits per heavy atom. The van der Waals surface area contributed by atoms with Crippen LogP contribution in [0.25, 0.3) is 0 Å². The maximum absolute atomic E-state index is 9.12. The Morgan fingerprint density at radius 3 is 3.00 bits per heavy atom. The second-order valence-corrected chi connectivity index (χ2v) is 5.66. The van der Waals surface area contributed by atoms with E-state index >= 15 is 0 Å². The normalized spacial score (nSPS) is 20.4. The molecule has 0 aliphatic carbocycles. The number of nitrogens with zero attached hydrogens (tertiary/aromatic N) is 5. The van der Waals surface area contributed by atoms with Gasteiger partial charge in [-0.15, -0.1) is 0 Å². The summed E-state index contributed by atoms with van der Waals surface area (Å²) in [4.78, 5) is 2.37. The molecular formula is C15H21N5. The van der Waals surface area contributed by atoms with Gasteiger partial charge in [0.2, 0.25) is 0 Å². The lowest BCUT2D eigenvalue weighted by molar-refractivity contribution is 0.288. The smallest absolute Gasteiger partial charge is 0.0669 e. The highest BCUT2D eigenvalue weighted by atomic mass is 15.2. The maximum Gasteiger partial charge on any atom is 0.0669 e. The van der Waals surface area contributed by atoms with Gasteiger partial charge in [0.05, 0.1) is 24.3 Å².